The van der Waals surface area contributed by atoms with Gasteiger partial charge in [-0.25, -0.2) is 9.37 Å². The minimum absolute atomic E-state index is 0.0241. The van der Waals surface area contributed by atoms with E-state index in [9.17, 15) is 4.39 Å². The maximum absolute atomic E-state index is 13.2. The first-order valence-corrected chi connectivity index (χ1v) is 7.07. The molecule has 1 atom stereocenters. The van der Waals surface area contributed by atoms with Crippen molar-refractivity contribution in [1.82, 2.24) is 9.55 Å². The molecule has 3 nitrogen and oxygen atoms in total. The maximum Gasteiger partial charge on any atom is 0.141 e. The van der Waals surface area contributed by atoms with E-state index in [0.717, 1.165) is 22.5 Å². The lowest BCUT2D eigenvalue weighted by molar-refractivity contribution is 0.628. The summed E-state index contributed by atoms with van der Waals surface area (Å²) < 4.78 is 15.2. The Labute approximate surface area is 127 Å². The highest BCUT2D eigenvalue weighted by atomic mass is 35.5. The SMILES string of the molecule is CC(Nc1ccc(F)c(Cl)c1)c1nc2ccccc2n1C. The van der Waals surface area contributed by atoms with E-state index in [4.69, 9.17) is 11.6 Å². The van der Waals surface area contributed by atoms with Crippen molar-refractivity contribution in [1.29, 1.82) is 0 Å². The van der Waals surface area contributed by atoms with Gasteiger partial charge in [0.1, 0.15) is 11.6 Å². The average Bonchev–Trinajstić information content (AvgIpc) is 2.81. The topological polar surface area (TPSA) is 29.9 Å². The summed E-state index contributed by atoms with van der Waals surface area (Å²) in [6.45, 7) is 2.01. The third kappa shape index (κ3) is 2.59. The monoisotopic (exact) mass is 303 g/mol. The van der Waals surface area contributed by atoms with Gasteiger partial charge < -0.3 is 9.88 Å². The molecule has 0 aliphatic heterocycles. The molecular formula is C16H15ClFN3. The van der Waals surface area contributed by atoms with Crippen LogP contribution in [0.25, 0.3) is 11.0 Å². The van der Waals surface area contributed by atoms with E-state index in [1.807, 2.05) is 38.2 Å². The van der Waals surface area contributed by atoms with Crippen LogP contribution in [0.1, 0.15) is 18.8 Å². The van der Waals surface area contributed by atoms with Crippen LogP contribution in [0.5, 0.6) is 0 Å². The smallest absolute Gasteiger partial charge is 0.141 e. The van der Waals surface area contributed by atoms with Gasteiger partial charge in [0.05, 0.1) is 22.1 Å². The Morgan fingerprint density at radius 2 is 2.00 bits per heavy atom. The van der Waals surface area contributed by atoms with E-state index in [1.54, 1.807) is 12.1 Å². The Balaban J connectivity index is 1.91. The highest BCUT2D eigenvalue weighted by Gasteiger charge is 2.14. The van der Waals surface area contributed by atoms with E-state index in [1.165, 1.54) is 6.07 Å². The number of hydrogen-bond donors (Lipinski definition) is 1. The summed E-state index contributed by atoms with van der Waals surface area (Å²) in [6, 6.07) is 12.6. The van der Waals surface area contributed by atoms with Gasteiger partial charge in [-0.2, -0.15) is 0 Å². The number of aryl methyl sites for hydroxylation is 1. The molecule has 1 aromatic heterocycles. The second-order valence-corrected chi connectivity index (χ2v) is 5.42. The van der Waals surface area contributed by atoms with Crippen molar-refractivity contribution in [3.8, 4) is 0 Å². The number of nitrogens with zero attached hydrogens (tertiary/aromatic N) is 2. The van der Waals surface area contributed by atoms with E-state index in [-0.39, 0.29) is 11.1 Å². The van der Waals surface area contributed by atoms with Gasteiger partial charge in [-0.1, -0.05) is 23.7 Å². The predicted octanol–water partition coefficient (Wildman–Crippen LogP) is 4.54. The minimum Gasteiger partial charge on any atom is -0.375 e. The predicted molar refractivity (Wildman–Crippen MR) is 84.2 cm³/mol. The lowest BCUT2D eigenvalue weighted by Crippen LogP contribution is -2.12. The molecule has 0 spiro atoms. The van der Waals surface area contributed by atoms with Crippen molar-refractivity contribution in [2.75, 3.05) is 5.32 Å². The molecule has 0 radical (unpaired) electrons. The number of halogens is 2. The molecule has 3 aromatic rings. The number of para-hydroxylation sites is 2. The Morgan fingerprint density at radius 1 is 1.24 bits per heavy atom. The van der Waals surface area contributed by atoms with Crippen molar-refractivity contribution >= 4 is 28.3 Å². The number of benzene rings is 2. The number of anilines is 1. The van der Waals surface area contributed by atoms with Crippen LogP contribution in [0.4, 0.5) is 10.1 Å². The summed E-state index contributed by atoms with van der Waals surface area (Å²) in [6.07, 6.45) is 0. The molecule has 0 aliphatic carbocycles. The van der Waals surface area contributed by atoms with Gasteiger partial charge in [-0.05, 0) is 37.3 Å². The quantitative estimate of drug-likeness (QED) is 0.770. The zero-order valence-electron chi connectivity index (χ0n) is 11.8. The molecule has 1 heterocycles. The van der Waals surface area contributed by atoms with Crippen molar-refractivity contribution in [2.24, 2.45) is 7.05 Å². The van der Waals surface area contributed by atoms with Gasteiger partial charge in [0.2, 0.25) is 0 Å². The summed E-state index contributed by atoms with van der Waals surface area (Å²) in [5.41, 5.74) is 2.81. The number of rotatable bonds is 3. The molecule has 0 saturated carbocycles. The summed E-state index contributed by atoms with van der Waals surface area (Å²) in [4.78, 5) is 4.64. The Kier molecular flexibility index (Phi) is 3.55. The first-order chi connectivity index (χ1) is 10.1. The largest absolute Gasteiger partial charge is 0.375 e. The number of hydrogen-bond acceptors (Lipinski definition) is 2. The van der Waals surface area contributed by atoms with E-state index in [0.29, 0.717) is 0 Å². The second kappa shape index (κ2) is 5.37. The molecule has 0 fully saturated rings. The van der Waals surface area contributed by atoms with E-state index in [2.05, 4.69) is 14.9 Å². The number of nitrogens with one attached hydrogen (secondary N) is 1. The van der Waals surface area contributed by atoms with Crippen LogP contribution < -0.4 is 5.32 Å². The third-order valence-electron chi connectivity index (χ3n) is 3.51. The van der Waals surface area contributed by atoms with Crippen LogP contribution in [0.3, 0.4) is 0 Å². The first-order valence-electron chi connectivity index (χ1n) is 6.69. The molecule has 1 unspecified atom stereocenters. The fraction of sp³-hybridized carbons (Fsp3) is 0.188. The van der Waals surface area contributed by atoms with Crippen LogP contribution in [0.15, 0.2) is 42.5 Å². The molecule has 1 N–H and O–H groups in total. The van der Waals surface area contributed by atoms with Crippen molar-refractivity contribution in [2.45, 2.75) is 13.0 Å². The zero-order chi connectivity index (χ0) is 15.0. The fourth-order valence-electron chi connectivity index (χ4n) is 2.45. The standard InChI is InChI=1S/C16H15ClFN3/c1-10(19-11-7-8-13(18)12(17)9-11)16-20-14-5-3-4-6-15(14)21(16)2/h3-10,19H,1-2H3. The Hall–Kier alpha value is -2.07. The summed E-state index contributed by atoms with van der Waals surface area (Å²) >= 11 is 5.80. The molecule has 2 aromatic carbocycles. The van der Waals surface area contributed by atoms with Crippen molar-refractivity contribution < 1.29 is 4.39 Å². The molecule has 3 rings (SSSR count). The Bertz CT molecular complexity index is 797. The van der Waals surface area contributed by atoms with Crippen molar-refractivity contribution in [3.05, 3.63) is 59.1 Å². The van der Waals surface area contributed by atoms with Gasteiger partial charge in [-0.3, -0.25) is 0 Å². The molecule has 0 saturated heterocycles. The van der Waals surface area contributed by atoms with Crippen LogP contribution in [-0.2, 0) is 7.05 Å². The minimum atomic E-state index is -0.419. The zero-order valence-corrected chi connectivity index (χ0v) is 12.5. The fourth-order valence-corrected chi connectivity index (χ4v) is 2.63. The van der Waals surface area contributed by atoms with Crippen LogP contribution in [-0.4, -0.2) is 9.55 Å². The van der Waals surface area contributed by atoms with Crippen LogP contribution >= 0.6 is 11.6 Å². The van der Waals surface area contributed by atoms with Gasteiger partial charge in [0, 0.05) is 12.7 Å². The van der Waals surface area contributed by atoms with Crippen LogP contribution in [0, 0.1) is 5.82 Å². The highest BCUT2D eigenvalue weighted by molar-refractivity contribution is 6.31. The normalized spacial score (nSPS) is 12.6. The summed E-state index contributed by atoms with van der Waals surface area (Å²) in [5.74, 6) is 0.495. The van der Waals surface area contributed by atoms with Crippen molar-refractivity contribution in [3.63, 3.8) is 0 Å². The summed E-state index contributed by atoms with van der Waals surface area (Å²) in [7, 11) is 1.99. The summed E-state index contributed by atoms with van der Waals surface area (Å²) in [5, 5.41) is 3.40. The van der Waals surface area contributed by atoms with Gasteiger partial charge in [0.15, 0.2) is 0 Å². The molecule has 108 valence electrons. The van der Waals surface area contributed by atoms with E-state index < -0.39 is 5.82 Å². The molecule has 21 heavy (non-hydrogen) atoms. The lowest BCUT2D eigenvalue weighted by Gasteiger charge is -2.15. The molecule has 0 aliphatic rings. The average molecular weight is 304 g/mol. The highest BCUT2D eigenvalue weighted by Crippen LogP contribution is 2.25. The van der Waals surface area contributed by atoms with Gasteiger partial charge in [0.25, 0.3) is 0 Å². The third-order valence-corrected chi connectivity index (χ3v) is 3.80. The number of fused-ring (bicyclic) bond motifs is 1. The Morgan fingerprint density at radius 3 is 2.71 bits per heavy atom. The van der Waals surface area contributed by atoms with Gasteiger partial charge in [-0.15, -0.1) is 0 Å². The number of aromatic nitrogens is 2. The van der Waals surface area contributed by atoms with E-state index >= 15 is 0 Å². The molecule has 0 bridgehead atoms. The van der Waals surface area contributed by atoms with Gasteiger partial charge >= 0.3 is 0 Å². The molecular weight excluding hydrogens is 289 g/mol. The molecule has 5 heteroatoms. The lowest BCUT2D eigenvalue weighted by atomic mass is 10.2. The number of imidazole rings is 1. The molecule has 0 amide bonds. The first kappa shape index (κ1) is 13.9. The van der Waals surface area contributed by atoms with Crippen LogP contribution in [0.2, 0.25) is 5.02 Å². The maximum atomic E-state index is 13.2. The second-order valence-electron chi connectivity index (χ2n) is 5.01.